The molecule has 0 amide bonds. The summed E-state index contributed by atoms with van der Waals surface area (Å²) >= 11 is 5.98. The fourth-order valence-corrected chi connectivity index (χ4v) is 1.16. The quantitative estimate of drug-likeness (QED) is 0.742. The van der Waals surface area contributed by atoms with Gasteiger partial charge in [-0.05, 0) is 32.5 Å². The van der Waals surface area contributed by atoms with Gasteiger partial charge in [0.2, 0.25) is 0 Å². The van der Waals surface area contributed by atoms with Crippen LogP contribution in [0.15, 0.2) is 18.5 Å². The van der Waals surface area contributed by atoms with Gasteiger partial charge in [-0.3, -0.25) is 9.88 Å². The first-order valence-electron chi connectivity index (χ1n) is 4.40. The maximum Gasteiger partial charge on any atom is 0.0634 e. The van der Waals surface area contributed by atoms with Crippen molar-refractivity contribution in [1.29, 1.82) is 0 Å². The van der Waals surface area contributed by atoms with Gasteiger partial charge in [-0.1, -0.05) is 11.6 Å². The Bertz CT molecular complexity index is 273. The first kappa shape index (κ1) is 10.5. The zero-order valence-electron chi connectivity index (χ0n) is 8.29. The standard InChI is InChI=1S/C10H15ClN2/c1-8(2)13(3)7-9-4-5-12-6-10(9)11/h4-6,8H,7H2,1-3H3. The van der Waals surface area contributed by atoms with Crippen molar-refractivity contribution in [3.05, 3.63) is 29.0 Å². The summed E-state index contributed by atoms with van der Waals surface area (Å²) in [6.45, 7) is 5.20. The van der Waals surface area contributed by atoms with Crippen LogP contribution in [0, 0.1) is 0 Å². The molecule has 0 radical (unpaired) electrons. The number of hydrogen-bond acceptors (Lipinski definition) is 2. The molecule has 3 heteroatoms. The van der Waals surface area contributed by atoms with E-state index in [4.69, 9.17) is 11.6 Å². The molecular formula is C10H15ClN2. The van der Waals surface area contributed by atoms with Crippen LogP contribution >= 0.6 is 11.6 Å². The van der Waals surface area contributed by atoms with Gasteiger partial charge in [-0.15, -0.1) is 0 Å². The molecule has 0 spiro atoms. The molecule has 0 N–H and O–H groups in total. The van der Waals surface area contributed by atoms with Crippen LogP contribution in [0.2, 0.25) is 5.02 Å². The fourth-order valence-electron chi connectivity index (χ4n) is 0.983. The molecule has 0 aliphatic carbocycles. The van der Waals surface area contributed by atoms with Gasteiger partial charge in [0.05, 0.1) is 5.02 Å². The lowest BCUT2D eigenvalue weighted by atomic mass is 10.2. The molecule has 1 aromatic heterocycles. The average Bonchev–Trinajstić information content (AvgIpc) is 2.08. The Morgan fingerprint density at radius 1 is 1.54 bits per heavy atom. The van der Waals surface area contributed by atoms with Crippen LogP contribution in [0.5, 0.6) is 0 Å². The zero-order chi connectivity index (χ0) is 9.84. The molecule has 0 aliphatic rings. The predicted octanol–water partition coefficient (Wildman–Crippen LogP) is 2.58. The summed E-state index contributed by atoms with van der Waals surface area (Å²) in [5.41, 5.74) is 1.13. The lowest BCUT2D eigenvalue weighted by molar-refractivity contribution is 0.266. The maximum atomic E-state index is 5.98. The Morgan fingerprint density at radius 2 is 2.23 bits per heavy atom. The van der Waals surface area contributed by atoms with Gasteiger partial charge in [-0.2, -0.15) is 0 Å². The molecule has 1 heterocycles. The highest BCUT2D eigenvalue weighted by Gasteiger charge is 2.06. The van der Waals surface area contributed by atoms with Crippen molar-refractivity contribution in [2.45, 2.75) is 26.4 Å². The van der Waals surface area contributed by atoms with Crippen LogP contribution in [0.3, 0.4) is 0 Å². The summed E-state index contributed by atoms with van der Waals surface area (Å²) in [5, 5.41) is 0.745. The van der Waals surface area contributed by atoms with Crippen molar-refractivity contribution in [2.24, 2.45) is 0 Å². The monoisotopic (exact) mass is 198 g/mol. The van der Waals surface area contributed by atoms with Gasteiger partial charge in [0.25, 0.3) is 0 Å². The highest BCUT2D eigenvalue weighted by molar-refractivity contribution is 6.31. The molecule has 0 unspecified atom stereocenters. The number of halogens is 1. The van der Waals surface area contributed by atoms with E-state index in [9.17, 15) is 0 Å². The van der Waals surface area contributed by atoms with Gasteiger partial charge in [0.15, 0.2) is 0 Å². The lowest BCUT2D eigenvalue weighted by Crippen LogP contribution is -2.25. The smallest absolute Gasteiger partial charge is 0.0634 e. The fraction of sp³-hybridized carbons (Fsp3) is 0.500. The van der Waals surface area contributed by atoms with E-state index >= 15 is 0 Å². The molecule has 0 atom stereocenters. The van der Waals surface area contributed by atoms with E-state index < -0.39 is 0 Å². The predicted molar refractivity (Wildman–Crippen MR) is 55.9 cm³/mol. The number of nitrogens with zero attached hydrogens (tertiary/aromatic N) is 2. The van der Waals surface area contributed by atoms with E-state index in [0.29, 0.717) is 6.04 Å². The van der Waals surface area contributed by atoms with E-state index in [1.807, 2.05) is 6.07 Å². The second-order valence-electron chi connectivity index (χ2n) is 3.48. The second-order valence-corrected chi connectivity index (χ2v) is 3.88. The van der Waals surface area contributed by atoms with Gasteiger partial charge in [0, 0.05) is 25.0 Å². The normalized spacial score (nSPS) is 11.2. The van der Waals surface area contributed by atoms with E-state index in [2.05, 4.69) is 30.8 Å². The molecule has 0 fully saturated rings. The van der Waals surface area contributed by atoms with E-state index in [-0.39, 0.29) is 0 Å². The Morgan fingerprint density at radius 3 is 2.77 bits per heavy atom. The van der Waals surface area contributed by atoms with Crippen LogP contribution in [-0.2, 0) is 6.54 Å². The highest BCUT2D eigenvalue weighted by Crippen LogP contribution is 2.15. The van der Waals surface area contributed by atoms with Crippen molar-refractivity contribution in [2.75, 3.05) is 7.05 Å². The Hall–Kier alpha value is -0.600. The topological polar surface area (TPSA) is 16.1 Å². The summed E-state index contributed by atoms with van der Waals surface area (Å²) in [4.78, 5) is 6.18. The van der Waals surface area contributed by atoms with Crippen LogP contribution in [0.4, 0.5) is 0 Å². The highest BCUT2D eigenvalue weighted by atomic mass is 35.5. The van der Waals surface area contributed by atoms with Crippen molar-refractivity contribution < 1.29 is 0 Å². The maximum absolute atomic E-state index is 5.98. The summed E-state index contributed by atoms with van der Waals surface area (Å²) in [7, 11) is 2.08. The molecular weight excluding hydrogens is 184 g/mol. The lowest BCUT2D eigenvalue weighted by Gasteiger charge is -2.21. The van der Waals surface area contributed by atoms with E-state index in [1.54, 1.807) is 12.4 Å². The van der Waals surface area contributed by atoms with Gasteiger partial charge in [-0.25, -0.2) is 0 Å². The van der Waals surface area contributed by atoms with Crippen LogP contribution in [0.1, 0.15) is 19.4 Å². The van der Waals surface area contributed by atoms with E-state index in [0.717, 1.165) is 17.1 Å². The molecule has 0 bridgehead atoms. The van der Waals surface area contributed by atoms with Gasteiger partial charge < -0.3 is 0 Å². The van der Waals surface area contributed by atoms with Gasteiger partial charge in [0.1, 0.15) is 0 Å². The van der Waals surface area contributed by atoms with E-state index in [1.165, 1.54) is 0 Å². The summed E-state index contributed by atoms with van der Waals surface area (Å²) in [6.07, 6.45) is 3.46. The second kappa shape index (κ2) is 4.58. The third-order valence-electron chi connectivity index (χ3n) is 2.16. The van der Waals surface area contributed by atoms with Crippen LogP contribution < -0.4 is 0 Å². The molecule has 2 nitrogen and oxygen atoms in total. The largest absolute Gasteiger partial charge is 0.300 e. The minimum atomic E-state index is 0.532. The minimum Gasteiger partial charge on any atom is -0.300 e. The molecule has 0 saturated carbocycles. The number of hydrogen-bond donors (Lipinski definition) is 0. The molecule has 1 aromatic rings. The number of pyridine rings is 1. The molecule has 0 aromatic carbocycles. The zero-order valence-corrected chi connectivity index (χ0v) is 9.04. The Labute approximate surface area is 84.5 Å². The average molecular weight is 199 g/mol. The summed E-state index contributed by atoms with van der Waals surface area (Å²) in [6, 6.07) is 2.49. The number of rotatable bonds is 3. The first-order chi connectivity index (χ1) is 6.11. The number of aromatic nitrogens is 1. The van der Waals surface area contributed by atoms with Crippen molar-refractivity contribution in [3.63, 3.8) is 0 Å². The minimum absolute atomic E-state index is 0.532. The molecule has 0 aliphatic heterocycles. The SMILES string of the molecule is CC(C)N(C)Cc1ccncc1Cl. The third-order valence-corrected chi connectivity index (χ3v) is 2.50. The Kier molecular flexibility index (Phi) is 3.70. The van der Waals surface area contributed by atoms with Crippen LogP contribution in [-0.4, -0.2) is 23.0 Å². The molecule has 13 heavy (non-hydrogen) atoms. The van der Waals surface area contributed by atoms with Crippen molar-refractivity contribution >= 4 is 11.6 Å². The third kappa shape index (κ3) is 2.98. The van der Waals surface area contributed by atoms with Crippen molar-refractivity contribution in [3.8, 4) is 0 Å². The van der Waals surface area contributed by atoms with Gasteiger partial charge >= 0.3 is 0 Å². The summed E-state index contributed by atoms with van der Waals surface area (Å²) in [5.74, 6) is 0. The molecule has 0 saturated heterocycles. The molecule has 72 valence electrons. The molecule has 1 rings (SSSR count). The first-order valence-corrected chi connectivity index (χ1v) is 4.77. The summed E-state index contributed by atoms with van der Waals surface area (Å²) < 4.78 is 0. The Balaban J connectivity index is 2.69. The van der Waals surface area contributed by atoms with Crippen LogP contribution in [0.25, 0.3) is 0 Å². The van der Waals surface area contributed by atoms with Crippen molar-refractivity contribution in [1.82, 2.24) is 9.88 Å².